The van der Waals surface area contributed by atoms with E-state index < -0.39 is 5.97 Å². The number of hydrogen-bond donors (Lipinski definition) is 1. The van der Waals surface area contributed by atoms with E-state index in [-0.39, 0.29) is 6.42 Å². The minimum Gasteiger partial charge on any atom is -0.481 e. The van der Waals surface area contributed by atoms with Crippen molar-refractivity contribution in [3.8, 4) is 23.7 Å². The van der Waals surface area contributed by atoms with Crippen molar-refractivity contribution in [1.29, 1.82) is 0 Å². The fraction of sp³-hybridized carbons (Fsp3) is 0.583. The number of aliphatic carboxylic acids is 1. The van der Waals surface area contributed by atoms with Gasteiger partial charge in [-0.2, -0.15) is 0 Å². The van der Waals surface area contributed by atoms with Gasteiger partial charge in [-0.3, -0.25) is 4.79 Å². The Morgan fingerprint density at radius 3 is 1.93 bits per heavy atom. The third-order valence-corrected chi connectivity index (χ3v) is 1.19. The number of carboxylic acids is 1. The molecule has 0 rings (SSSR count). The highest BCUT2D eigenvalue weighted by molar-refractivity contribution is 5.66. The van der Waals surface area contributed by atoms with Crippen LogP contribution >= 0.6 is 0 Å². The molecular weight excluding hydrogens is 176 g/mol. The Hall–Kier alpha value is -1.41. The standard InChI is InChI=1S/C6H8O2.C6H10/c1-2-3-4-5-6(7)8;1-3-5-6-4-2/h4-5H2,1H3,(H,7,8);3,5H2,1-2H3. The van der Waals surface area contributed by atoms with Crippen molar-refractivity contribution in [2.24, 2.45) is 0 Å². The normalized spacial score (nSPS) is 6.79. The Kier molecular flexibility index (Phi) is 15.2. The third-order valence-electron chi connectivity index (χ3n) is 1.19. The van der Waals surface area contributed by atoms with Crippen LogP contribution in [0.4, 0.5) is 0 Å². The van der Waals surface area contributed by atoms with Gasteiger partial charge in [0.15, 0.2) is 0 Å². The molecule has 0 aromatic rings. The summed E-state index contributed by atoms with van der Waals surface area (Å²) < 4.78 is 0. The highest BCUT2D eigenvalue weighted by Crippen LogP contribution is 1.83. The van der Waals surface area contributed by atoms with Gasteiger partial charge in [0.1, 0.15) is 0 Å². The van der Waals surface area contributed by atoms with Crippen molar-refractivity contribution < 1.29 is 9.90 Å². The molecule has 2 nitrogen and oxygen atoms in total. The number of carbonyl (C=O) groups is 1. The molecule has 1 N–H and O–H groups in total. The summed E-state index contributed by atoms with van der Waals surface area (Å²) in [4.78, 5) is 9.81. The summed E-state index contributed by atoms with van der Waals surface area (Å²) in [5, 5.41) is 8.07. The smallest absolute Gasteiger partial charge is 0.304 e. The van der Waals surface area contributed by atoms with Crippen LogP contribution in [0.3, 0.4) is 0 Å². The highest BCUT2D eigenvalue weighted by atomic mass is 16.4. The summed E-state index contributed by atoms with van der Waals surface area (Å²) in [5.41, 5.74) is 0. The molecule has 0 saturated carbocycles. The van der Waals surface area contributed by atoms with Crippen molar-refractivity contribution in [3.63, 3.8) is 0 Å². The third kappa shape index (κ3) is 22.4. The second kappa shape index (κ2) is 14.1. The molecule has 0 atom stereocenters. The maximum Gasteiger partial charge on any atom is 0.304 e. The molecule has 0 heterocycles. The quantitative estimate of drug-likeness (QED) is 0.701. The maximum absolute atomic E-state index is 9.81. The number of hydrogen-bond acceptors (Lipinski definition) is 1. The lowest BCUT2D eigenvalue weighted by molar-refractivity contribution is -0.136. The molecule has 0 radical (unpaired) electrons. The molecule has 14 heavy (non-hydrogen) atoms. The van der Waals surface area contributed by atoms with E-state index in [1.54, 1.807) is 6.92 Å². The van der Waals surface area contributed by atoms with Gasteiger partial charge in [-0.05, 0) is 20.3 Å². The van der Waals surface area contributed by atoms with Crippen molar-refractivity contribution in [2.75, 3.05) is 0 Å². The summed E-state index contributed by atoms with van der Waals surface area (Å²) in [6.45, 7) is 5.70. The van der Waals surface area contributed by atoms with E-state index in [0.29, 0.717) is 6.42 Å². The van der Waals surface area contributed by atoms with Gasteiger partial charge in [-0.1, -0.05) is 6.92 Å². The summed E-state index contributed by atoms with van der Waals surface area (Å²) in [6.07, 6.45) is 2.85. The molecule has 2 heteroatoms. The SMILES string of the molecule is CC#CCCC.CC#CCCC(=O)O. The zero-order valence-corrected chi connectivity index (χ0v) is 9.18. The predicted octanol–water partition coefficient (Wildman–Crippen LogP) is 2.68. The minimum absolute atomic E-state index is 0.154. The molecule has 0 fully saturated rings. The molecule has 0 spiro atoms. The van der Waals surface area contributed by atoms with Gasteiger partial charge < -0.3 is 5.11 Å². The molecule has 0 aliphatic carbocycles. The van der Waals surface area contributed by atoms with Crippen molar-refractivity contribution >= 4 is 5.97 Å². The van der Waals surface area contributed by atoms with E-state index in [1.807, 2.05) is 6.92 Å². The molecule has 0 unspecified atom stereocenters. The molecule has 0 amide bonds. The van der Waals surface area contributed by atoms with E-state index in [2.05, 4.69) is 30.6 Å². The van der Waals surface area contributed by atoms with Crippen LogP contribution in [0.2, 0.25) is 0 Å². The Morgan fingerprint density at radius 2 is 1.64 bits per heavy atom. The van der Waals surface area contributed by atoms with Gasteiger partial charge in [0.25, 0.3) is 0 Å². The van der Waals surface area contributed by atoms with E-state index in [0.717, 1.165) is 6.42 Å². The van der Waals surface area contributed by atoms with Crippen molar-refractivity contribution in [3.05, 3.63) is 0 Å². The van der Waals surface area contributed by atoms with E-state index in [9.17, 15) is 4.79 Å². The summed E-state index contributed by atoms with van der Waals surface area (Å²) in [5.74, 6) is 10.2. The Balaban J connectivity index is 0. The van der Waals surface area contributed by atoms with E-state index in [4.69, 9.17) is 5.11 Å². The lowest BCUT2D eigenvalue weighted by Crippen LogP contribution is -1.91. The minimum atomic E-state index is -0.784. The summed E-state index contributed by atoms with van der Waals surface area (Å²) in [6, 6.07) is 0. The van der Waals surface area contributed by atoms with Crippen LogP contribution in [0, 0.1) is 23.7 Å². The fourth-order valence-corrected chi connectivity index (χ4v) is 0.544. The Labute approximate surface area is 86.7 Å². The first kappa shape index (κ1) is 15.1. The summed E-state index contributed by atoms with van der Waals surface area (Å²) in [7, 11) is 0. The van der Waals surface area contributed by atoms with Crippen LogP contribution in [-0.2, 0) is 4.79 Å². The molecule has 0 aliphatic heterocycles. The van der Waals surface area contributed by atoms with Gasteiger partial charge in [-0.15, -0.1) is 23.7 Å². The van der Waals surface area contributed by atoms with Crippen molar-refractivity contribution in [2.45, 2.75) is 46.5 Å². The summed E-state index contributed by atoms with van der Waals surface area (Å²) >= 11 is 0. The number of carboxylic acid groups (broad SMARTS) is 1. The Morgan fingerprint density at radius 1 is 1.14 bits per heavy atom. The average Bonchev–Trinajstić information content (AvgIpc) is 2.16. The van der Waals surface area contributed by atoms with Crippen LogP contribution in [0.25, 0.3) is 0 Å². The molecule has 0 saturated heterocycles. The molecular formula is C12H18O2. The number of unbranched alkanes of at least 4 members (excludes halogenated alkanes) is 1. The van der Waals surface area contributed by atoms with E-state index >= 15 is 0 Å². The van der Waals surface area contributed by atoms with Gasteiger partial charge in [-0.25, -0.2) is 0 Å². The molecule has 0 aromatic heterocycles. The first-order valence-corrected chi connectivity index (χ1v) is 4.70. The lowest BCUT2D eigenvalue weighted by Gasteiger charge is -1.81. The highest BCUT2D eigenvalue weighted by Gasteiger charge is 1.90. The molecule has 0 aromatic carbocycles. The maximum atomic E-state index is 9.81. The van der Waals surface area contributed by atoms with Gasteiger partial charge in [0.05, 0.1) is 6.42 Å². The zero-order chi connectivity index (χ0) is 11.2. The molecule has 78 valence electrons. The largest absolute Gasteiger partial charge is 0.481 e. The van der Waals surface area contributed by atoms with Crippen LogP contribution in [0.1, 0.15) is 46.5 Å². The second-order valence-corrected chi connectivity index (χ2v) is 2.50. The predicted molar refractivity (Wildman–Crippen MR) is 58.7 cm³/mol. The molecule has 0 aliphatic rings. The van der Waals surface area contributed by atoms with Crippen LogP contribution < -0.4 is 0 Å². The first-order valence-electron chi connectivity index (χ1n) is 4.70. The topological polar surface area (TPSA) is 37.3 Å². The van der Waals surface area contributed by atoms with Gasteiger partial charge in [0, 0.05) is 12.8 Å². The van der Waals surface area contributed by atoms with E-state index in [1.165, 1.54) is 6.42 Å². The van der Waals surface area contributed by atoms with Crippen molar-refractivity contribution in [1.82, 2.24) is 0 Å². The van der Waals surface area contributed by atoms with Gasteiger partial charge in [0.2, 0.25) is 0 Å². The van der Waals surface area contributed by atoms with Gasteiger partial charge >= 0.3 is 5.97 Å². The zero-order valence-electron chi connectivity index (χ0n) is 9.18. The monoisotopic (exact) mass is 194 g/mol. The average molecular weight is 194 g/mol. The Bertz CT molecular complexity index is 245. The van der Waals surface area contributed by atoms with Crippen LogP contribution in [0.5, 0.6) is 0 Å². The van der Waals surface area contributed by atoms with Crippen LogP contribution in [0.15, 0.2) is 0 Å². The molecule has 0 bridgehead atoms. The van der Waals surface area contributed by atoms with Crippen LogP contribution in [-0.4, -0.2) is 11.1 Å². The second-order valence-electron chi connectivity index (χ2n) is 2.50. The fourth-order valence-electron chi connectivity index (χ4n) is 0.544. The number of rotatable bonds is 3. The first-order chi connectivity index (χ1) is 6.68. The lowest BCUT2D eigenvalue weighted by atomic mass is 10.3.